The predicted octanol–water partition coefficient (Wildman–Crippen LogP) is 3.09. The topological polar surface area (TPSA) is 105 Å². The lowest BCUT2D eigenvalue weighted by atomic mass is 9.73. The summed E-state index contributed by atoms with van der Waals surface area (Å²) in [6, 6.07) is 15.9. The molecule has 0 atom stereocenters. The maximum Gasteiger partial charge on any atom is 0.287 e. The van der Waals surface area contributed by atoms with Crippen LogP contribution in [-0.2, 0) is 23.8 Å². The van der Waals surface area contributed by atoms with Gasteiger partial charge in [0.25, 0.3) is 5.91 Å². The molecule has 1 spiro atoms. The molecule has 4 heterocycles. The van der Waals surface area contributed by atoms with Crippen LogP contribution in [0.25, 0.3) is 11.2 Å². The van der Waals surface area contributed by atoms with E-state index < -0.39 is 5.41 Å². The number of para-hydroxylation sites is 1. The molecule has 2 aliphatic rings. The number of piperidine rings is 1. The number of aryl methyl sites for hydroxylation is 2. The lowest BCUT2D eigenvalue weighted by Gasteiger charge is -2.38. The number of hydrogen-bond acceptors (Lipinski definition) is 6. The van der Waals surface area contributed by atoms with Crippen LogP contribution >= 0.6 is 0 Å². The van der Waals surface area contributed by atoms with Crippen molar-refractivity contribution in [1.82, 2.24) is 24.8 Å². The van der Waals surface area contributed by atoms with E-state index in [9.17, 15) is 9.59 Å². The third-order valence-electron chi connectivity index (χ3n) is 7.58. The Morgan fingerprint density at radius 3 is 2.64 bits per heavy atom. The number of nitrogens with one attached hydrogen (secondary N) is 2. The smallest absolute Gasteiger partial charge is 0.287 e. The monoisotopic (exact) mass is 481 g/mol. The van der Waals surface area contributed by atoms with E-state index in [0.717, 1.165) is 22.4 Å². The Morgan fingerprint density at radius 2 is 1.83 bits per heavy atom. The van der Waals surface area contributed by atoms with E-state index in [2.05, 4.69) is 30.5 Å². The van der Waals surface area contributed by atoms with Crippen molar-refractivity contribution in [3.8, 4) is 0 Å². The van der Waals surface area contributed by atoms with Crippen LogP contribution in [0, 0.1) is 6.92 Å². The second-order valence-electron chi connectivity index (χ2n) is 9.54. The summed E-state index contributed by atoms with van der Waals surface area (Å²) in [6.07, 6.45) is 2.87. The van der Waals surface area contributed by atoms with Gasteiger partial charge in [-0.25, -0.2) is 15.0 Å². The maximum absolute atomic E-state index is 13.0. The first-order valence-electron chi connectivity index (χ1n) is 12.1. The minimum atomic E-state index is -0.510. The fourth-order valence-corrected chi connectivity index (χ4v) is 5.46. The molecule has 1 saturated heterocycles. The van der Waals surface area contributed by atoms with Gasteiger partial charge in [-0.05, 0) is 42.5 Å². The number of benzene rings is 2. The molecular formula is C27H27N7O2. The van der Waals surface area contributed by atoms with Crippen molar-refractivity contribution in [1.29, 1.82) is 0 Å². The molecule has 2 amide bonds. The van der Waals surface area contributed by atoms with Gasteiger partial charge in [-0.2, -0.15) is 0 Å². The van der Waals surface area contributed by atoms with Gasteiger partial charge in [-0.15, -0.1) is 0 Å². The Hall–Kier alpha value is -4.27. The first-order valence-corrected chi connectivity index (χ1v) is 12.1. The van der Waals surface area contributed by atoms with Gasteiger partial charge in [0.2, 0.25) is 11.7 Å². The zero-order chi connectivity index (χ0) is 24.9. The molecular weight excluding hydrogens is 454 g/mol. The van der Waals surface area contributed by atoms with Gasteiger partial charge in [-0.1, -0.05) is 42.5 Å². The highest BCUT2D eigenvalue weighted by atomic mass is 16.2. The van der Waals surface area contributed by atoms with E-state index in [4.69, 9.17) is 0 Å². The average molecular weight is 482 g/mol. The average Bonchev–Trinajstić information content (AvgIpc) is 3.38. The SMILES string of the molecule is Cc1ccccc1CNC(=O)c1nc2c(N3CCC4(CC3)C(=O)Nc3ccccc34)ncnc2n1C. The lowest BCUT2D eigenvalue weighted by Crippen LogP contribution is -2.46. The Balaban J connectivity index is 1.25. The van der Waals surface area contributed by atoms with Crippen molar-refractivity contribution < 1.29 is 9.59 Å². The molecule has 6 rings (SSSR count). The van der Waals surface area contributed by atoms with Crippen LogP contribution in [0.2, 0.25) is 0 Å². The summed E-state index contributed by atoms with van der Waals surface area (Å²) in [6.45, 7) is 3.75. The molecule has 1 fully saturated rings. The number of hydrogen-bond donors (Lipinski definition) is 2. The van der Waals surface area contributed by atoms with Gasteiger partial charge in [0.05, 0.1) is 5.41 Å². The number of carbonyl (C=O) groups excluding carboxylic acids is 2. The Bertz CT molecular complexity index is 1500. The van der Waals surface area contributed by atoms with Crippen LogP contribution in [-0.4, -0.2) is 44.4 Å². The van der Waals surface area contributed by atoms with E-state index in [-0.39, 0.29) is 17.6 Å². The van der Waals surface area contributed by atoms with Gasteiger partial charge in [0, 0.05) is 32.4 Å². The third kappa shape index (κ3) is 3.42. The summed E-state index contributed by atoms with van der Waals surface area (Å²) in [7, 11) is 1.79. The normalized spacial score (nSPS) is 16.3. The largest absolute Gasteiger partial charge is 0.355 e. The van der Waals surface area contributed by atoms with E-state index in [1.165, 1.54) is 6.33 Å². The molecule has 2 aliphatic heterocycles. The van der Waals surface area contributed by atoms with Crippen molar-refractivity contribution in [2.75, 3.05) is 23.3 Å². The number of imidazole rings is 1. The molecule has 2 aromatic carbocycles. The Labute approximate surface area is 208 Å². The van der Waals surface area contributed by atoms with E-state index >= 15 is 0 Å². The summed E-state index contributed by atoms with van der Waals surface area (Å²) >= 11 is 0. The number of fused-ring (bicyclic) bond motifs is 3. The number of anilines is 2. The standard InChI is InChI=1S/C27H27N7O2/c1-17-7-3-4-8-18(17)15-28-25(35)24-32-21-22(33(24)2)29-16-30-23(21)34-13-11-27(12-14-34)19-9-5-6-10-20(19)31-26(27)36/h3-10,16H,11-15H2,1-2H3,(H,28,35)(H,31,36). The number of carbonyl (C=O) groups is 2. The summed E-state index contributed by atoms with van der Waals surface area (Å²) in [5.41, 5.74) is 4.85. The molecule has 2 aromatic heterocycles. The Kier molecular flexibility index (Phi) is 5.21. The summed E-state index contributed by atoms with van der Waals surface area (Å²) in [4.78, 5) is 41.7. The highest BCUT2D eigenvalue weighted by Gasteiger charge is 2.48. The summed E-state index contributed by atoms with van der Waals surface area (Å²) in [5.74, 6) is 0.788. The number of rotatable bonds is 4. The highest BCUT2D eigenvalue weighted by molar-refractivity contribution is 6.06. The second-order valence-corrected chi connectivity index (χ2v) is 9.54. The molecule has 0 radical (unpaired) electrons. The third-order valence-corrected chi connectivity index (χ3v) is 7.58. The highest BCUT2D eigenvalue weighted by Crippen LogP contribution is 2.45. The fourth-order valence-electron chi connectivity index (χ4n) is 5.46. The molecule has 4 aromatic rings. The zero-order valence-electron chi connectivity index (χ0n) is 20.3. The van der Waals surface area contributed by atoms with Crippen LogP contribution < -0.4 is 15.5 Å². The quantitative estimate of drug-likeness (QED) is 0.464. The van der Waals surface area contributed by atoms with Gasteiger partial charge >= 0.3 is 0 Å². The lowest BCUT2D eigenvalue weighted by molar-refractivity contribution is -0.121. The molecule has 2 N–H and O–H groups in total. The number of nitrogens with zero attached hydrogens (tertiary/aromatic N) is 5. The van der Waals surface area contributed by atoms with Crippen LogP contribution in [0.15, 0.2) is 54.9 Å². The molecule has 36 heavy (non-hydrogen) atoms. The predicted molar refractivity (Wildman–Crippen MR) is 137 cm³/mol. The summed E-state index contributed by atoms with van der Waals surface area (Å²) < 4.78 is 1.71. The van der Waals surface area contributed by atoms with Gasteiger partial charge in [-0.3, -0.25) is 9.59 Å². The molecule has 0 aliphatic carbocycles. The molecule has 0 unspecified atom stereocenters. The molecule has 0 bridgehead atoms. The van der Waals surface area contributed by atoms with Crippen LogP contribution in [0.4, 0.5) is 11.5 Å². The van der Waals surface area contributed by atoms with Crippen molar-refractivity contribution in [3.05, 3.63) is 77.4 Å². The number of aromatic nitrogens is 4. The zero-order valence-corrected chi connectivity index (χ0v) is 20.3. The van der Waals surface area contributed by atoms with Crippen LogP contribution in [0.3, 0.4) is 0 Å². The molecule has 9 nitrogen and oxygen atoms in total. The first kappa shape index (κ1) is 22.2. The van der Waals surface area contributed by atoms with Crippen molar-refractivity contribution in [2.24, 2.45) is 7.05 Å². The van der Waals surface area contributed by atoms with E-state index in [1.54, 1.807) is 11.6 Å². The van der Waals surface area contributed by atoms with Crippen molar-refractivity contribution in [3.63, 3.8) is 0 Å². The van der Waals surface area contributed by atoms with Crippen molar-refractivity contribution in [2.45, 2.75) is 31.7 Å². The first-order chi connectivity index (χ1) is 17.5. The fraction of sp³-hybridized carbons (Fsp3) is 0.296. The van der Waals surface area contributed by atoms with E-state index in [0.29, 0.717) is 49.5 Å². The molecule has 9 heteroatoms. The maximum atomic E-state index is 13.0. The summed E-state index contributed by atoms with van der Waals surface area (Å²) in [5, 5.41) is 6.02. The second kappa shape index (κ2) is 8.44. The minimum absolute atomic E-state index is 0.0710. The van der Waals surface area contributed by atoms with Gasteiger partial charge in [0.15, 0.2) is 17.0 Å². The van der Waals surface area contributed by atoms with Gasteiger partial charge < -0.3 is 20.1 Å². The Morgan fingerprint density at radius 1 is 1.08 bits per heavy atom. The van der Waals surface area contributed by atoms with Crippen molar-refractivity contribution >= 4 is 34.5 Å². The van der Waals surface area contributed by atoms with Crippen LogP contribution in [0.1, 0.15) is 40.2 Å². The van der Waals surface area contributed by atoms with Gasteiger partial charge in [0.1, 0.15) is 6.33 Å². The molecule has 0 saturated carbocycles. The van der Waals surface area contributed by atoms with E-state index in [1.807, 2.05) is 55.5 Å². The molecule has 182 valence electrons. The number of amides is 2. The van der Waals surface area contributed by atoms with Crippen LogP contribution in [0.5, 0.6) is 0 Å². The minimum Gasteiger partial charge on any atom is -0.355 e.